The number of rotatable bonds is 7. The van der Waals surface area contributed by atoms with Gasteiger partial charge in [-0.2, -0.15) is 5.10 Å². The third-order valence-electron chi connectivity index (χ3n) is 5.41. The molecule has 31 heavy (non-hydrogen) atoms. The lowest BCUT2D eigenvalue weighted by Gasteiger charge is -2.26. The average Bonchev–Trinajstić information content (AvgIpc) is 3.33. The number of morpholine rings is 1. The maximum atomic E-state index is 12.7. The summed E-state index contributed by atoms with van der Waals surface area (Å²) in [6, 6.07) is 7.71. The Bertz CT molecular complexity index is 983. The van der Waals surface area contributed by atoms with Gasteiger partial charge in [0.25, 0.3) is 0 Å². The Morgan fingerprint density at radius 1 is 1.19 bits per heavy atom. The van der Waals surface area contributed by atoms with Gasteiger partial charge in [0.2, 0.25) is 5.91 Å². The summed E-state index contributed by atoms with van der Waals surface area (Å²) in [5, 5.41) is 11.3. The highest BCUT2D eigenvalue weighted by Crippen LogP contribution is 2.22. The van der Waals surface area contributed by atoms with Gasteiger partial charge in [-0.05, 0) is 31.3 Å². The minimum absolute atomic E-state index is 0. The summed E-state index contributed by atoms with van der Waals surface area (Å²) >= 11 is 0. The molecule has 1 aliphatic heterocycles. The molecule has 170 valence electrons. The van der Waals surface area contributed by atoms with Crippen LogP contribution in [-0.2, 0) is 23.1 Å². The molecule has 8 nitrogen and oxygen atoms in total. The van der Waals surface area contributed by atoms with Gasteiger partial charge in [0.15, 0.2) is 0 Å². The summed E-state index contributed by atoms with van der Waals surface area (Å²) in [6.07, 6.45) is 5.67. The number of aromatic nitrogens is 3. The number of ether oxygens (including phenoxy) is 1. The van der Waals surface area contributed by atoms with E-state index in [-0.39, 0.29) is 30.7 Å². The van der Waals surface area contributed by atoms with Gasteiger partial charge in [0.1, 0.15) is 6.04 Å². The van der Waals surface area contributed by atoms with E-state index < -0.39 is 6.04 Å². The first-order chi connectivity index (χ1) is 14.1. The van der Waals surface area contributed by atoms with E-state index in [9.17, 15) is 4.79 Å². The molecule has 4 rings (SSSR count). The molecule has 1 atom stereocenters. The number of benzene rings is 1. The molecule has 1 unspecified atom stereocenters. The monoisotopic (exact) mass is 468 g/mol. The van der Waals surface area contributed by atoms with E-state index in [1.165, 1.54) is 5.52 Å². The van der Waals surface area contributed by atoms with Crippen molar-refractivity contribution in [1.29, 1.82) is 0 Å². The summed E-state index contributed by atoms with van der Waals surface area (Å²) < 4.78 is 9.37. The topological polar surface area (TPSA) is 76.3 Å². The second-order valence-corrected chi connectivity index (χ2v) is 7.40. The van der Waals surface area contributed by atoms with Gasteiger partial charge in [-0.15, -0.1) is 24.8 Å². The fraction of sp³-hybridized carbons (Fsp3) is 0.429. The first-order valence-corrected chi connectivity index (χ1v) is 10.00. The molecule has 0 bridgehead atoms. The Morgan fingerprint density at radius 2 is 1.97 bits per heavy atom. The highest BCUT2D eigenvalue weighted by molar-refractivity contribution is 5.97. The third kappa shape index (κ3) is 5.99. The van der Waals surface area contributed by atoms with Crippen molar-refractivity contribution >= 4 is 47.3 Å². The van der Waals surface area contributed by atoms with Crippen molar-refractivity contribution < 1.29 is 9.53 Å². The number of carbonyl (C=O) groups is 1. The number of likely N-dealkylation sites (N-methyl/N-ethyl adjacent to an activating group) is 1. The number of fused-ring (bicyclic) bond motifs is 1. The number of carbonyl (C=O) groups excluding carboxylic acids is 1. The Kier molecular flexibility index (Phi) is 9.33. The predicted octanol–water partition coefficient (Wildman–Crippen LogP) is 2.45. The lowest BCUT2D eigenvalue weighted by atomic mass is 10.1. The van der Waals surface area contributed by atoms with Gasteiger partial charge in [-0.25, -0.2) is 0 Å². The van der Waals surface area contributed by atoms with Crippen LogP contribution in [0.3, 0.4) is 0 Å². The predicted molar refractivity (Wildman–Crippen MR) is 127 cm³/mol. The van der Waals surface area contributed by atoms with Crippen LogP contribution in [-0.4, -0.2) is 65.1 Å². The van der Waals surface area contributed by atoms with E-state index >= 15 is 0 Å². The molecule has 0 radical (unpaired) electrons. The number of nitrogens with one attached hydrogen (secondary N) is 2. The van der Waals surface area contributed by atoms with E-state index in [0.29, 0.717) is 0 Å². The molecule has 1 aliphatic rings. The van der Waals surface area contributed by atoms with Crippen LogP contribution in [0.25, 0.3) is 10.9 Å². The third-order valence-corrected chi connectivity index (χ3v) is 5.41. The smallest absolute Gasteiger partial charge is 0.246 e. The van der Waals surface area contributed by atoms with E-state index in [1.54, 1.807) is 17.9 Å². The molecule has 0 spiro atoms. The van der Waals surface area contributed by atoms with Crippen LogP contribution in [0.15, 0.2) is 42.9 Å². The van der Waals surface area contributed by atoms with E-state index in [0.717, 1.165) is 56.0 Å². The fourth-order valence-electron chi connectivity index (χ4n) is 3.80. The fourth-order valence-corrected chi connectivity index (χ4v) is 3.80. The molecule has 1 amide bonds. The molecule has 10 heteroatoms. The summed E-state index contributed by atoms with van der Waals surface area (Å²) in [5.41, 5.74) is 2.80. The summed E-state index contributed by atoms with van der Waals surface area (Å²) in [6.45, 7) is 5.60. The molecule has 2 aromatic heterocycles. The molecule has 2 N–H and O–H groups in total. The number of anilines is 1. The Morgan fingerprint density at radius 3 is 2.65 bits per heavy atom. The van der Waals surface area contributed by atoms with Crippen LogP contribution >= 0.6 is 24.8 Å². The zero-order valence-electron chi connectivity index (χ0n) is 17.8. The van der Waals surface area contributed by atoms with Crippen molar-refractivity contribution in [3.05, 3.63) is 48.4 Å². The number of amides is 1. The van der Waals surface area contributed by atoms with Crippen LogP contribution in [0.2, 0.25) is 0 Å². The van der Waals surface area contributed by atoms with Crippen molar-refractivity contribution in [1.82, 2.24) is 24.6 Å². The van der Waals surface area contributed by atoms with Crippen molar-refractivity contribution in [2.24, 2.45) is 7.05 Å². The standard InChI is InChI=1S/C21H28N6O2.2ClH/c1-22-20(17-14-23-25(2)15-17)21(28)24-18-3-4-19-16(13-18)5-6-27(19)8-7-26-9-11-29-12-10-26;;/h3-6,13-15,20,22H,7-12H2,1-2H3,(H,24,28);2*1H. The Labute approximate surface area is 194 Å². The summed E-state index contributed by atoms with van der Waals surface area (Å²) in [5.74, 6) is -0.105. The number of hydrogen-bond acceptors (Lipinski definition) is 5. The van der Waals surface area contributed by atoms with Crippen LogP contribution in [0.1, 0.15) is 11.6 Å². The van der Waals surface area contributed by atoms with Crippen LogP contribution in [0, 0.1) is 0 Å². The van der Waals surface area contributed by atoms with Gasteiger partial charge in [-0.1, -0.05) is 0 Å². The molecular formula is C21H30Cl2N6O2. The van der Waals surface area contributed by atoms with Gasteiger partial charge < -0.3 is 19.9 Å². The molecule has 0 saturated carbocycles. The number of aryl methyl sites for hydroxylation is 1. The van der Waals surface area contributed by atoms with Crippen LogP contribution in [0.5, 0.6) is 0 Å². The SMILES string of the molecule is CNC(C(=O)Nc1ccc2c(ccn2CCN2CCOCC2)c1)c1cnn(C)c1.Cl.Cl. The number of hydrogen-bond donors (Lipinski definition) is 2. The van der Waals surface area contributed by atoms with Gasteiger partial charge >= 0.3 is 0 Å². The van der Waals surface area contributed by atoms with Gasteiger partial charge in [-0.3, -0.25) is 14.4 Å². The molecule has 1 fully saturated rings. The maximum Gasteiger partial charge on any atom is 0.246 e. The quantitative estimate of drug-likeness (QED) is 0.556. The molecule has 1 aromatic carbocycles. The normalized spacial score (nSPS) is 15.2. The Hall–Kier alpha value is -2.10. The minimum atomic E-state index is -0.447. The van der Waals surface area contributed by atoms with Crippen LogP contribution < -0.4 is 10.6 Å². The molecule has 3 heterocycles. The van der Waals surface area contributed by atoms with E-state index in [1.807, 2.05) is 25.4 Å². The highest BCUT2D eigenvalue weighted by atomic mass is 35.5. The largest absolute Gasteiger partial charge is 0.379 e. The maximum absolute atomic E-state index is 12.7. The molecule has 1 saturated heterocycles. The zero-order chi connectivity index (χ0) is 20.2. The van der Waals surface area contributed by atoms with Crippen molar-refractivity contribution in [2.75, 3.05) is 45.2 Å². The van der Waals surface area contributed by atoms with Gasteiger partial charge in [0, 0.05) is 67.8 Å². The van der Waals surface area contributed by atoms with Crippen molar-refractivity contribution in [3.8, 4) is 0 Å². The lowest BCUT2D eigenvalue weighted by molar-refractivity contribution is -0.118. The number of nitrogens with zero attached hydrogens (tertiary/aromatic N) is 4. The van der Waals surface area contributed by atoms with E-state index in [2.05, 4.69) is 43.5 Å². The average molecular weight is 469 g/mol. The summed E-state index contributed by atoms with van der Waals surface area (Å²) in [4.78, 5) is 15.2. The first-order valence-electron chi connectivity index (χ1n) is 10.00. The summed E-state index contributed by atoms with van der Waals surface area (Å²) in [7, 11) is 3.61. The lowest BCUT2D eigenvalue weighted by Crippen LogP contribution is -2.38. The molecule has 0 aliphatic carbocycles. The minimum Gasteiger partial charge on any atom is -0.379 e. The van der Waals surface area contributed by atoms with E-state index in [4.69, 9.17) is 4.74 Å². The highest BCUT2D eigenvalue weighted by Gasteiger charge is 2.20. The first kappa shape index (κ1) is 25.2. The van der Waals surface area contributed by atoms with Crippen LogP contribution in [0.4, 0.5) is 5.69 Å². The van der Waals surface area contributed by atoms with Crippen molar-refractivity contribution in [3.63, 3.8) is 0 Å². The molecule has 3 aromatic rings. The Balaban J connectivity index is 0.00000171. The zero-order valence-corrected chi connectivity index (χ0v) is 19.4. The van der Waals surface area contributed by atoms with Crippen molar-refractivity contribution in [2.45, 2.75) is 12.6 Å². The second kappa shape index (κ2) is 11.5. The number of halogens is 2. The second-order valence-electron chi connectivity index (χ2n) is 7.40. The molecular weight excluding hydrogens is 439 g/mol. The van der Waals surface area contributed by atoms with Gasteiger partial charge in [0.05, 0.1) is 19.4 Å².